The number of carbonyl (C=O) groups is 2. The van der Waals surface area contributed by atoms with Gasteiger partial charge in [-0.25, -0.2) is 0 Å². The number of nitrogens with one attached hydrogen (secondary N) is 2. The maximum Gasteiger partial charge on any atom is 0.322 e. The van der Waals surface area contributed by atoms with Gasteiger partial charge in [0, 0.05) is 18.2 Å². The largest absolute Gasteiger partial charge is 0.468 e. The number of rotatable bonds is 3. The van der Waals surface area contributed by atoms with Crippen molar-refractivity contribution in [1.82, 2.24) is 10.6 Å². The van der Waals surface area contributed by atoms with Crippen LogP contribution in [0.1, 0.15) is 16.8 Å². The SMILES string of the molecule is COC(=O)[C@@H]1C[C@H](NC(=O)c2ccccc2)CN1. The second kappa shape index (κ2) is 5.64. The minimum Gasteiger partial charge on any atom is -0.468 e. The summed E-state index contributed by atoms with van der Waals surface area (Å²) in [6.07, 6.45) is 0.561. The first-order valence-corrected chi connectivity index (χ1v) is 5.88. The number of hydrogen-bond donors (Lipinski definition) is 2. The van der Waals surface area contributed by atoms with Crippen LogP contribution < -0.4 is 10.6 Å². The summed E-state index contributed by atoms with van der Waals surface area (Å²) in [4.78, 5) is 23.2. The van der Waals surface area contributed by atoms with E-state index < -0.39 is 0 Å². The van der Waals surface area contributed by atoms with Gasteiger partial charge >= 0.3 is 5.97 Å². The van der Waals surface area contributed by atoms with Crippen LogP contribution in [0.3, 0.4) is 0 Å². The van der Waals surface area contributed by atoms with Crippen LogP contribution in [-0.4, -0.2) is 37.6 Å². The Morgan fingerprint density at radius 3 is 2.72 bits per heavy atom. The fraction of sp³-hybridized carbons (Fsp3) is 0.385. The molecule has 96 valence electrons. The van der Waals surface area contributed by atoms with Crippen LogP contribution in [0.25, 0.3) is 0 Å². The maximum absolute atomic E-state index is 11.9. The Kier molecular flexibility index (Phi) is 3.94. The molecule has 1 aliphatic rings. The predicted octanol–water partition coefficient (Wildman–Crippen LogP) is 0.320. The number of benzene rings is 1. The van der Waals surface area contributed by atoms with E-state index in [1.165, 1.54) is 7.11 Å². The van der Waals surface area contributed by atoms with E-state index in [-0.39, 0.29) is 24.0 Å². The monoisotopic (exact) mass is 248 g/mol. The highest BCUT2D eigenvalue weighted by Crippen LogP contribution is 2.09. The Hall–Kier alpha value is -1.88. The summed E-state index contributed by atoms with van der Waals surface area (Å²) in [5, 5.41) is 5.92. The zero-order valence-corrected chi connectivity index (χ0v) is 10.2. The van der Waals surface area contributed by atoms with Gasteiger partial charge in [-0.1, -0.05) is 18.2 Å². The van der Waals surface area contributed by atoms with Gasteiger partial charge in [0.2, 0.25) is 0 Å². The molecule has 0 aliphatic carbocycles. The van der Waals surface area contributed by atoms with Crippen molar-refractivity contribution in [2.45, 2.75) is 18.5 Å². The molecule has 5 heteroatoms. The lowest BCUT2D eigenvalue weighted by Crippen LogP contribution is -2.36. The molecular formula is C13H16N2O3. The lowest BCUT2D eigenvalue weighted by Gasteiger charge is -2.11. The van der Waals surface area contributed by atoms with E-state index in [0.717, 1.165) is 0 Å². The van der Waals surface area contributed by atoms with Gasteiger partial charge in [-0.05, 0) is 18.6 Å². The van der Waals surface area contributed by atoms with Gasteiger partial charge < -0.3 is 15.4 Å². The number of ether oxygens (including phenoxy) is 1. The van der Waals surface area contributed by atoms with Crippen LogP contribution in [0.4, 0.5) is 0 Å². The van der Waals surface area contributed by atoms with Crippen molar-refractivity contribution in [1.29, 1.82) is 0 Å². The van der Waals surface area contributed by atoms with Gasteiger partial charge in [0.25, 0.3) is 5.91 Å². The molecule has 1 amide bonds. The van der Waals surface area contributed by atoms with Gasteiger partial charge in [-0.3, -0.25) is 9.59 Å². The summed E-state index contributed by atoms with van der Waals surface area (Å²) in [7, 11) is 1.36. The molecule has 0 saturated carbocycles. The fourth-order valence-electron chi connectivity index (χ4n) is 2.03. The molecule has 2 atom stereocenters. The van der Waals surface area contributed by atoms with Crippen molar-refractivity contribution in [3.63, 3.8) is 0 Å². The normalized spacial score (nSPS) is 22.5. The van der Waals surface area contributed by atoms with Crippen LogP contribution in [-0.2, 0) is 9.53 Å². The number of esters is 1. The number of carbonyl (C=O) groups excluding carboxylic acids is 2. The molecule has 0 unspecified atom stereocenters. The average Bonchev–Trinajstić information content (AvgIpc) is 2.87. The molecule has 1 saturated heterocycles. The van der Waals surface area contributed by atoms with E-state index in [4.69, 9.17) is 0 Å². The first kappa shape index (κ1) is 12.6. The molecule has 18 heavy (non-hydrogen) atoms. The predicted molar refractivity (Wildman–Crippen MR) is 66.1 cm³/mol. The zero-order valence-electron chi connectivity index (χ0n) is 10.2. The summed E-state index contributed by atoms with van der Waals surface area (Å²) < 4.78 is 4.66. The zero-order chi connectivity index (χ0) is 13.0. The van der Waals surface area contributed by atoms with Crippen molar-refractivity contribution < 1.29 is 14.3 Å². The molecular weight excluding hydrogens is 232 g/mol. The summed E-state index contributed by atoms with van der Waals surface area (Å²) >= 11 is 0. The fourth-order valence-corrected chi connectivity index (χ4v) is 2.03. The lowest BCUT2D eigenvalue weighted by molar-refractivity contribution is -0.142. The molecule has 0 spiro atoms. The standard InChI is InChI=1S/C13H16N2O3/c1-18-13(17)11-7-10(8-14-11)15-12(16)9-5-3-2-4-6-9/h2-6,10-11,14H,7-8H2,1H3,(H,15,16)/t10-,11-/m0/s1. The topological polar surface area (TPSA) is 67.4 Å². The molecule has 0 radical (unpaired) electrons. The first-order valence-electron chi connectivity index (χ1n) is 5.88. The minimum absolute atomic E-state index is 0.0400. The minimum atomic E-state index is -0.323. The van der Waals surface area contributed by atoms with Crippen LogP contribution in [0, 0.1) is 0 Å². The van der Waals surface area contributed by atoms with Crippen LogP contribution in [0.15, 0.2) is 30.3 Å². The Morgan fingerprint density at radius 1 is 1.33 bits per heavy atom. The second-order valence-corrected chi connectivity index (χ2v) is 4.26. The summed E-state index contributed by atoms with van der Waals surface area (Å²) in [5.74, 6) is -0.403. The van der Waals surface area contributed by atoms with Crippen molar-refractivity contribution >= 4 is 11.9 Å². The molecule has 0 aromatic heterocycles. The number of methoxy groups -OCH3 is 1. The molecule has 1 aromatic rings. The Balaban J connectivity index is 1.89. The average molecular weight is 248 g/mol. The number of hydrogen-bond acceptors (Lipinski definition) is 4. The van der Waals surface area contributed by atoms with E-state index in [2.05, 4.69) is 15.4 Å². The Labute approximate surface area is 106 Å². The highest BCUT2D eigenvalue weighted by atomic mass is 16.5. The molecule has 2 rings (SSSR count). The quantitative estimate of drug-likeness (QED) is 0.756. The van der Waals surface area contributed by atoms with Crippen LogP contribution in [0.2, 0.25) is 0 Å². The number of amides is 1. The lowest BCUT2D eigenvalue weighted by atomic mass is 10.1. The molecule has 1 aliphatic heterocycles. The van der Waals surface area contributed by atoms with Gasteiger partial charge in [-0.2, -0.15) is 0 Å². The highest BCUT2D eigenvalue weighted by molar-refractivity contribution is 5.94. The van der Waals surface area contributed by atoms with E-state index in [9.17, 15) is 9.59 Å². The van der Waals surface area contributed by atoms with Crippen molar-refractivity contribution in [3.8, 4) is 0 Å². The van der Waals surface area contributed by atoms with Gasteiger partial charge in [0.1, 0.15) is 6.04 Å². The first-order chi connectivity index (χ1) is 8.70. The van der Waals surface area contributed by atoms with E-state index in [1.54, 1.807) is 12.1 Å². The summed E-state index contributed by atoms with van der Waals surface area (Å²) in [6, 6.07) is 8.66. The molecule has 1 heterocycles. The second-order valence-electron chi connectivity index (χ2n) is 4.26. The highest BCUT2D eigenvalue weighted by Gasteiger charge is 2.30. The molecule has 5 nitrogen and oxygen atoms in total. The maximum atomic E-state index is 11.9. The van der Waals surface area contributed by atoms with Crippen molar-refractivity contribution in [3.05, 3.63) is 35.9 Å². The van der Waals surface area contributed by atoms with Gasteiger partial charge in [0.15, 0.2) is 0 Å². The Morgan fingerprint density at radius 2 is 2.06 bits per heavy atom. The Bertz CT molecular complexity index is 433. The van der Waals surface area contributed by atoms with E-state index >= 15 is 0 Å². The molecule has 1 aromatic carbocycles. The van der Waals surface area contributed by atoms with Crippen molar-refractivity contribution in [2.24, 2.45) is 0 Å². The van der Waals surface area contributed by atoms with E-state index in [0.29, 0.717) is 18.5 Å². The van der Waals surface area contributed by atoms with Crippen molar-refractivity contribution in [2.75, 3.05) is 13.7 Å². The van der Waals surface area contributed by atoms with E-state index in [1.807, 2.05) is 18.2 Å². The third kappa shape index (κ3) is 2.87. The third-order valence-electron chi connectivity index (χ3n) is 2.99. The molecule has 0 bridgehead atoms. The van der Waals surface area contributed by atoms with Gasteiger partial charge in [-0.15, -0.1) is 0 Å². The third-order valence-corrected chi connectivity index (χ3v) is 2.99. The smallest absolute Gasteiger partial charge is 0.322 e. The summed E-state index contributed by atoms with van der Waals surface area (Å²) in [5.41, 5.74) is 0.624. The molecule has 2 N–H and O–H groups in total. The van der Waals surface area contributed by atoms with Gasteiger partial charge in [0.05, 0.1) is 7.11 Å². The van der Waals surface area contributed by atoms with Crippen LogP contribution in [0.5, 0.6) is 0 Å². The summed E-state index contributed by atoms with van der Waals surface area (Å²) in [6.45, 7) is 0.582. The van der Waals surface area contributed by atoms with Crippen LogP contribution >= 0.6 is 0 Å². The molecule has 1 fully saturated rings.